The first-order chi connectivity index (χ1) is 12.2. The van der Waals surface area contributed by atoms with Crippen molar-refractivity contribution in [2.24, 2.45) is 0 Å². The van der Waals surface area contributed by atoms with E-state index in [0.29, 0.717) is 0 Å². The van der Waals surface area contributed by atoms with Crippen LogP contribution in [0.25, 0.3) is 16.5 Å². The summed E-state index contributed by atoms with van der Waals surface area (Å²) in [6, 6.07) is 18.5. The van der Waals surface area contributed by atoms with Gasteiger partial charge in [-0.2, -0.15) is 0 Å². The molecule has 0 radical (unpaired) electrons. The lowest BCUT2D eigenvalue weighted by atomic mass is 10.1. The van der Waals surface area contributed by atoms with E-state index in [2.05, 4.69) is 55.2 Å². The monoisotopic (exact) mass is 329 g/mol. The minimum atomic E-state index is 0.770. The van der Waals surface area contributed by atoms with E-state index in [1.54, 1.807) is 0 Å². The van der Waals surface area contributed by atoms with Crippen molar-refractivity contribution in [3.8, 4) is 0 Å². The molecule has 1 aromatic heterocycles. The van der Waals surface area contributed by atoms with Crippen LogP contribution in [0.3, 0.4) is 0 Å². The van der Waals surface area contributed by atoms with Gasteiger partial charge in [0, 0.05) is 23.2 Å². The van der Waals surface area contributed by atoms with Crippen LogP contribution in [-0.2, 0) is 6.54 Å². The molecule has 0 aliphatic heterocycles. The van der Waals surface area contributed by atoms with E-state index in [-0.39, 0.29) is 0 Å². The molecule has 0 fully saturated rings. The molecular weight excluding hydrogens is 306 g/mol. The largest absolute Gasteiger partial charge is 0.456 e. The Balaban J connectivity index is 1.66. The molecule has 0 saturated heterocycles. The molecule has 1 heterocycles. The van der Waals surface area contributed by atoms with E-state index < -0.39 is 0 Å². The van der Waals surface area contributed by atoms with Gasteiger partial charge >= 0.3 is 0 Å². The first-order valence-corrected chi connectivity index (χ1v) is 8.48. The second-order valence-corrected chi connectivity index (χ2v) is 6.03. The van der Waals surface area contributed by atoms with Crippen molar-refractivity contribution in [1.29, 1.82) is 0 Å². The molecule has 2 nitrogen and oxygen atoms in total. The first kappa shape index (κ1) is 16.8. The van der Waals surface area contributed by atoms with Gasteiger partial charge in [0.15, 0.2) is 0 Å². The zero-order chi connectivity index (χ0) is 17.6. The fourth-order valence-electron chi connectivity index (χ4n) is 2.71. The number of nitrogens with one attached hydrogen (secondary N) is 1. The Labute approximate surface area is 149 Å². The molecule has 0 unspecified atom stereocenters. The number of furan rings is 1. The Kier molecular flexibility index (Phi) is 5.20. The van der Waals surface area contributed by atoms with Crippen LogP contribution in [0.4, 0.5) is 0 Å². The van der Waals surface area contributed by atoms with Gasteiger partial charge in [-0.15, -0.1) is 0 Å². The standard InChI is InChI=1S/C23H23NO/c1-4-19(23-15-20-10-7-8-12-22(20)25-23)14-13-18(3)24-16-21-11-6-5-9-17(21)2/h4-15,24H,3,16H2,1-2H3/b14-13-,19-4+. The Morgan fingerprint density at radius 1 is 1.08 bits per heavy atom. The molecule has 0 atom stereocenters. The molecule has 0 spiro atoms. The van der Waals surface area contributed by atoms with E-state index in [0.717, 1.165) is 34.5 Å². The van der Waals surface area contributed by atoms with Gasteiger partial charge in [-0.3, -0.25) is 0 Å². The highest BCUT2D eigenvalue weighted by atomic mass is 16.3. The third-order valence-electron chi connectivity index (χ3n) is 4.25. The van der Waals surface area contributed by atoms with E-state index >= 15 is 0 Å². The molecule has 1 N–H and O–H groups in total. The van der Waals surface area contributed by atoms with Crippen molar-refractivity contribution in [2.45, 2.75) is 20.4 Å². The van der Waals surface area contributed by atoms with Crippen molar-refractivity contribution >= 4 is 16.5 Å². The predicted octanol–water partition coefficient (Wildman–Crippen LogP) is 6.00. The van der Waals surface area contributed by atoms with Crippen LogP contribution in [0.5, 0.6) is 0 Å². The number of rotatable bonds is 6. The van der Waals surface area contributed by atoms with Crippen LogP contribution in [0.1, 0.15) is 23.8 Å². The van der Waals surface area contributed by atoms with Crippen LogP contribution in [0.15, 0.2) is 89.5 Å². The highest BCUT2D eigenvalue weighted by molar-refractivity contribution is 5.84. The summed E-state index contributed by atoms with van der Waals surface area (Å²) in [5.74, 6) is 0.867. The molecule has 0 aliphatic carbocycles. The maximum absolute atomic E-state index is 5.93. The third kappa shape index (κ3) is 4.10. The summed E-state index contributed by atoms with van der Waals surface area (Å²) in [6.07, 6.45) is 6.06. The van der Waals surface area contributed by atoms with Gasteiger partial charge in [-0.05, 0) is 49.3 Å². The average molecular weight is 329 g/mol. The van der Waals surface area contributed by atoms with Crippen molar-refractivity contribution in [2.75, 3.05) is 0 Å². The Bertz CT molecular complexity index is 910. The number of allylic oxidation sites excluding steroid dienone is 4. The molecule has 0 saturated carbocycles. The normalized spacial score (nSPS) is 12.0. The van der Waals surface area contributed by atoms with Gasteiger partial charge in [-0.1, -0.05) is 55.1 Å². The number of hydrogen-bond acceptors (Lipinski definition) is 2. The van der Waals surface area contributed by atoms with Gasteiger partial charge in [0.2, 0.25) is 0 Å². The van der Waals surface area contributed by atoms with E-state index in [1.807, 2.05) is 43.4 Å². The molecule has 0 bridgehead atoms. The second kappa shape index (κ2) is 7.71. The smallest absolute Gasteiger partial charge is 0.135 e. The summed E-state index contributed by atoms with van der Waals surface area (Å²) in [6.45, 7) is 8.99. The fraction of sp³-hybridized carbons (Fsp3) is 0.130. The highest BCUT2D eigenvalue weighted by Crippen LogP contribution is 2.25. The van der Waals surface area contributed by atoms with Gasteiger partial charge in [0.05, 0.1) is 0 Å². The maximum Gasteiger partial charge on any atom is 0.135 e. The Morgan fingerprint density at radius 3 is 2.60 bits per heavy atom. The molecule has 0 aliphatic rings. The van der Waals surface area contributed by atoms with Crippen molar-refractivity contribution < 1.29 is 4.42 Å². The van der Waals surface area contributed by atoms with Crippen LogP contribution in [0, 0.1) is 6.92 Å². The summed E-state index contributed by atoms with van der Waals surface area (Å²) in [5.41, 5.74) is 5.37. The molecule has 126 valence electrons. The quantitative estimate of drug-likeness (QED) is 0.561. The molecule has 3 rings (SSSR count). The zero-order valence-electron chi connectivity index (χ0n) is 14.8. The van der Waals surface area contributed by atoms with Crippen molar-refractivity contribution in [1.82, 2.24) is 5.32 Å². The predicted molar refractivity (Wildman–Crippen MR) is 106 cm³/mol. The SMILES string of the molecule is C=C(/C=C\C(=C/C)c1cc2ccccc2o1)NCc1ccccc1C. The van der Waals surface area contributed by atoms with Crippen molar-refractivity contribution in [3.05, 3.63) is 102 Å². The minimum Gasteiger partial charge on any atom is -0.456 e. The molecule has 0 amide bonds. The highest BCUT2D eigenvalue weighted by Gasteiger charge is 2.05. The van der Waals surface area contributed by atoms with Crippen LogP contribution in [0.2, 0.25) is 0 Å². The number of hydrogen-bond donors (Lipinski definition) is 1. The number of fused-ring (bicyclic) bond motifs is 1. The summed E-state index contributed by atoms with van der Waals surface area (Å²) in [7, 11) is 0. The maximum atomic E-state index is 5.93. The third-order valence-corrected chi connectivity index (χ3v) is 4.25. The number of para-hydroxylation sites is 1. The number of aryl methyl sites for hydroxylation is 1. The summed E-state index contributed by atoms with van der Waals surface area (Å²) < 4.78 is 5.93. The lowest BCUT2D eigenvalue weighted by Crippen LogP contribution is -2.11. The molecule has 3 aromatic rings. The first-order valence-electron chi connectivity index (χ1n) is 8.48. The molecule has 25 heavy (non-hydrogen) atoms. The summed E-state index contributed by atoms with van der Waals surface area (Å²) in [4.78, 5) is 0. The topological polar surface area (TPSA) is 25.2 Å². The molecule has 2 heteroatoms. The minimum absolute atomic E-state index is 0.770. The second-order valence-electron chi connectivity index (χ2n) is 6.03. The lowest BCUT2D eigenvalue weighted by molar-refractivity contribution is 0.601. The summed E-state index contributed by atoms with van der Waals surface area (Å²) >= 11 is 0. The van der Waals surface area contributed by atoms with Gasteiger partial charge in [0.1, 0.15) is 11.3 Å². The van der Waals surface area contributed by atoms with Crippen LogP contribution >= 0.6 is 0 Å². The van der Waals surface area contributed by atoms with E-state index in [9.17, 15) is 0 Å². The van der Waals surface area contributed by atoms with Gasteiger partial charge < -0.3 is 9.73 Å². The lowest BCUT2D eigenvalue weighted by Gasteiger charge is -2.08. The Morgan fingerprint density at radius 2 is 1.84 bits per heavy atom. The Hall–Kier alpha value is -3.00. The van der Waals surface area contributed by atoms with Crippen LogP contribution in [-0.4, -0.2) is 0 Å². The summed E-state index contributed by atoms with van der Waals surface area (Å²) in [5, 5.41) is 4.47. The average Bonchev–Trinajstić information content (AvgIpc) is 3.05. The van der Waals surface area contributed by atoms with E-state index in [4.69, 9.17) is 4.42 Å². The zero-order valence-corrected chi connectivity index (χ0v) is 14.8. The van der Waals surface area contributed by atoms with Crippen molar-refractivity contribution in [3.63, 3.8) is 0 Å². The number of benzene rings is 2. The molecule has 2 aromatic carbocycles. The van der Waals surface area contributed by atoms with Gasteiger partial charge in [0.25, 0.3) is 0 Å². The van der Waals surface area contributed by atoms with Crippen LogP contribution < -0.4 is 5.32 Å². The fourth-order valence-corrected chi connectivity index (χ4v) is 2.71. The molecular formula is C23H23NO. The van der Waals surface area contributed by atoms with Gasteiger partial charge in [-0.25, -0.2) is 0 Å². The van der Waals surface area contributed by atoms with E-state index in [1.165, 1.54) is 11.1 Å².